The number of carboxylic acid groups (broad SMARTS) is 1. The van der Waals surface area contributed by atoms with Gasteiger partial charge >= 0.3 is 24.4 Å². The third kappa shape index (κ3) is 5.99. The van der Waals surface area contributed by atoms with Crippen molar-refractivity contribution in [2.45, 2.75) is 49.2 Å². The van der Waals surface area contributed by atoms with Crippen molar-refractivity contribution >= 4 is 33.5 Å². The van der Waals surface area contributed by atoms with E-state index in [2.05, 4.69) is 4.74 Å². The molecular weight excluding hydrogens is 593 g/mol. The van der Waals surface area contributed by atoms with Crippen molar-refractivity contribution in [1.82, 2.24) is 0 Å². The minimum absolute atomic E-state index is 0.102. The van der Waals surface area contributed by atoms with Gasteiger partial charge in [-0.3, -0.25) is 14.4 Å². The summed E-state index contributed by atoms with van der Waals surface area (Å²) < 4.78 is 131. The fourth-order valence-corrected chi connectivity index (χ4v) is 5.66. The van der Waals surface area contributed by atoms with Crippen molar-refractivity contribution in [2.24, 2.45) is 11.8 Å². The maximum absolute atomic E-state index is 13.9. The largest absolute Gasteiger partial charge is 0.486 e. The number of hydrogen-bond acceptors (Lipinski definition) is 6. The molecule has 0 spiro atoms. The van der Waals surface area contributed by atoms with E-state index >= 15 is 0 Å². The fourth-order valence-electron chi connectivity index (χ4n) is 4.15. The van der Waals surface area contributed by atoms with Gasteiger partial charge in [0.05, 0.1) is 28.6 Å². The molecular formula is C24H21F7N2O7S. The highest BCUT2D eigenvalue weighted by molar-refractivity contribution is 7.92. The molecule has 1 unspecified atom stereocenters. The zero-order valence-electron chi connectivity index (χ0n) is 21.0. The normalized spacial score (nSPS) is 21.0. The molecule has 0 radical (unpaired) electrons. The fraction of sp³-hybridized carbons (Fsp3) is 0.417. The first-order valence-electron chi connectivity index (χ1n) is 11.7. The van der Waals surface area contributed by atoms with Gasteiger partial charge in [0.15, 0.2) is 0 Å². The Morgan fingerprint density at radius 2 is 1.73 bits per heavy atom. The van der Waals surface area contributed by atoms with E-state index in [9.17, 15) is 53.8 Å². The summed E-state index contributed by atoms with van der Waals surface area (Å²) in [6.45, 7) is 0.626. The molecule has 1 aliphatic carbocycles. The summed E-state index contributed by atoms with van der Waals surface area (Å²) in [6, 6.07) is 4.28. The Bertz CT molecular complexity index is 1490. The third-order valence-electron chi connectivity index (χ3n) is 6.59. The highest BCUT2D eigenvalue weighted by Crippen LogP contribution is 2.48. The van der Waals surface area contributed by atoms with Crippen molar-refractivity contribution in [3.05, 3.63) is 47.8 Å². The molecule has 1 amide bonds. The standard InChI is InChI=1S/C24H21F7N2O7S/c1-22(2,24(29,30)31)40-21(36)32-11-3-6-18-17(7-11)33(10-19(39-18)13-9-14(13)20(34)35)41(37,38)12-4-5-16(25)15(8-12)23(26,27)28/h3-8,13-14,19H,9-10H2,1-2H3,(H,32,36)(H,34,35)/t13-,14+,19?/m1/s1. The van der Waals surface area contributed by atoms with Gasteiger partial charge in [-0.2, -0.15) is 26.3 Å². The van der Waals surface area contributed by atoms with Gasteiger partial charge in [0, 0.05) is 11.6 Å². The van der Waals surface area contributed by atoms with E-state index in [-0.39, 0.29) is 29.6 Å². The maximum atomic E-state index is 13.9. The number of nitrogens with one attached hydrogen (secondary N) is 1. The third-order valence-corrected chi connectivity index (χ3v) is 8.37. The summed E-state index contributed by atoms with van der Waals surface area (Å²) >= 11 is 0. The van der Waals surface area contributed by atoms with Crippen LogP contribution in [0.2, 0.25) is 0 Å². The maximum Gasteiger partial charge on any atom is 0.427 e. The summed E-state index contributed by atoms with van der Waals surface area (Å²) in [4.78, 5) is 22.6. The molecule has 3 atom stereocenters. The van der Waals surface area contributed by atoms with Crippen molar-refractivity contribution in [1.29, 1.82) is 0 Å². The first-order chi connectivity index (χ1) is 18.7. The van der Waals surface area contributed by atoms with E-state index in [1.807, 2.05) is 5.32 Å². The van der Waals surface area contributed by atoms with Crippen molar-refractivity contribution in [2.75, 3.05) is 16.2 Å². The minimum atomic E-state index is -5.23. The number of anilines is 2. The van der Waals surface area contributed by atoms with Crippen LogP contribution in [-0.4, -0.2) is 50.0 Å². The summed E-state index contributed by atoms with van der Waals surface area (Å²) in [7, 11) is -4.90. The number of ether oxygens (including phenoxy) is 2. The van der Waals surface area contributed by atoms with Gasteiger partial charge in [0.1, 0.15) is 17.7 Å². The zero-order valence-corrected chi connectivity index (χ0v) is 21.8. The molecule has 1 aliphatic heterocycles. The smallest absolute Gasteiger partial charge is 0.427 e. The predicted octanol–water partition coefficient (Wildman–Crippen LogP) is 5.41. The van der Waals surface area contributed by atoms with Gasteiger partial charge in [0.2, 0.25) is 5.60 Å². The molecule has 17 heteroatoms. The van der Waals surface area contributed by atoms with Gasteiger partial charge in [-0.05, 0) is 56.7 Å². The molecule has 2 aliphatic rings. The lowest BCUT2D eigenvalue weighted by molar-refractivity contribution is -0.242. The molecule has 41 heavy (non-hydrogen) atoms. The quantitative estimate of drug-likeness (QED) is 0.418. The average molecular weight is 614 g/mol. The van der Waals surface area contributed by atoms with Crippen LogP contribution in [0, 0.1) is 17.7 Å². The van der Waals surface area contributed by atoms with Crippen LogP contribution in [0.5, 0.6) is 5.75 Å². The molecule has 0 bridgehead atoms. The summed E-state index contributed by atoms with van der Waals surface area (Å²) in [5, 5.41) is 11.3. The van der Waals surface area contributed by atoms with Gasteiger partial charge < -0.3 is 14.6 Å². The van der Waals surface area contributed by atoms with Crippen molar-refractivity contribution in [3.8, 4) is 5.75 Å². The number of carbonyl (C=O) groups excluding carboxylic acids is 1. The van der Waals surface area contributed by atoms with Crippen LogP contribution < -0.4 is 14.4 Å². The number of alkyl halides is 6. The van der Waals surface area contributed by atoms with Crippen LogP contribution in [0.4, 0.5) is 46.9 Å². The molecule has 2 aromatic rings. The summed E-state index contributed by atoms with van der Waals surface area (Å²) in [5.41, 5.74) is -5.33. The number of aliphatic carboxylic acids is 1. The van der Waals surface area contributed by atoms with Crippen LogP contribution in [0.15, 0.2) is 41.3 Å². The molecule has 2 aromatic carbocycles. The lowest BCUT2D eigenvalue weighted by atomic mass is 10.1. The molecule has 4 rings (SSSR count). The first kappa shape index (κ1) is 30.2. The monoisotopic (exact) mass is 614 g/mol. The number of fused-ring (bicyclic) bond motifs is 1. The average Bonchev–Trinajstić information content (AvgIpc) is 3.63. The van der Waals surface area contributed by atoms with Crippen LogP contribution in [0.3, 0.4) is 0 Å². The lowest BCUT2D eigenvalue weighted by Gasteiger charge is -2.36. The molecule has 2 N–H and O–H groups in total. The number of carboxylic acids is 1. The minimum Gasteiger partial charge on any atom is -0.486 e. The Morgan fingerprint density at radius 3 is 2.29 bits per heavy atom. The summed E-state index contributed by atoms with van der Waals surface area (Å²) in [5.74, 6) is -4.55. The molecule has 9 nitrogen and oxygen atoms in total. The van der Waals surface area contributed by atoms with Crippen LogP contribution in [0.1, 0.15) is 25.8 Å². The number of halogens is 7. The van der Waals surface area contributed by atoms with E-state index in [1.165, 1.54) is 0 Å². The number of sulfonamides is 1. The second-order valence-corrected chi connectivity index (χ2v) is 11.7. The van der Waals surface area contributed by atoms with E-state index < -0.39 is 80.8 Å². The van der Waals surface area contributed by atoms with Gasteiger partial charge in [-0.1, -0.05) is 0 Å². The Kier molecular flexibility index (Phi) is 7.33. The number of carbonyl (C=O) groups is 2. The Hall–Kier alpha value is -3.76. The van der Waals surface area contributed by atoms with Gasteiger partial charge in [-0.15, -0.1) is 0 Å². The number of amides is 1. The zero-order chi connectivity index (χ0) is 30.7. The van der Waals surface area contributed by atoms with Crippen LogP contribution in [-0.2, 0) is 25.7 Å². The number of hydrogen-bond donors (Lipinski definition) is 2. The van der Waals surface area contributed by atoms with E-state index in [0.29, 0.717) is 30.3 Å². The SMILES string of the molecule is CC(C)(OC(=O)Nc1ccc2c(c1)N(S(=O)(=O)c1ccc(F)c(C(F)(F)F)c1)CC([C@@H]1C[C@@H]1C(=O)O)O2)C(F)(F)F. The van der Waals surface area contributed by atoms with E-state index in [1.54, 1.807) is 0 Å². The van der Waals surface area contributed by atoms with Gasteiger partial charge in [0.25, 0.3) is 10.0 Å². The van der Waals surface area contributed by atoms with Crippen molar-refractivity contribution < 1.29 is 63.3 Å². The molecule has 224 valence electrons. The van der Waals surface area contributed by atoms with E-state index in [0.717, 1.165) is 18.2 Å². The second-order valence-electron chi connectivity index (χ2n) is 9.88. The number of rotatable bonds is 6. The van der Waals surface area contributed by atoms with Crippen molar-refractivity contribution in [3.63, 3.8) is 0 Å². The van der Waals surface area contributed by atoms with Crippen LogP contribution in [0.25, 0.3) is 0 Å². The van der Waals surface area contributed by atoms with Gasteiger partial charge in [-0.25, -0.2) is 17.6 Å². The van der Waals surface area contributed by atoms with E-state index in [4.69, 9.17) is 4.74 Å². The Balaban J connectivity index is 1.72. The first-order valence-corrected chi connectivity index (χ1v) is 13.2. The topological polar surface area (TPSA) is 122 Å². The Labute approximate surface area is 227 Å². The molecule has 1 heterocycles. The highest BCUT2D eigenvalue weighted by Gasteiger charge is 2.53. The Morgan fingerprint density at radius 1 is 1.07 bits per heavy atom. The number of nitrogens with zero attached hydrogens (tertiary/aromatic N) is 1. The lowest BCUT2D eigenvalue weighted by Crippen LogP contribution is -2.45. The molecule has 1 fully saturated rings. The molecule has 0 saturated heterocycles. The number of benzene rings is 2. The predicted molar refractivity (Wildman–Crippen MR) is 126 cm³/mol. The highest BCUT2D eigenvalue weighted by atomic mass is 32.2. The van der Waals surface area contributed by atoms with Crippen LogP contribution >= 0.6 is 0 Å². The molecule has 0 aromatic heterocycles. The second kappa shape index (κ2) is 9.95. The molecule has 1 saturated carbocycles. The summed E-state index contributed by atoms with van der Waals surface area (Å²) in [6.07, 6.45) is -12.6.